The monoisotopic (exact) mass is 479 g/mol. The minimum Gasteiger partial charge on any atom is -0.229 e. The van der Waals surface area contributed by atoms with E-state index in [1.165, 1.54) is 6.07 Å². The summed E-state index contributed by atoms with van der Waals surface area (Å²) in [5.74, 6) is -0.508. The van der Waals surface area contributed by atoms with Crippen LogP contribution in [0.3, 0.4) is 0 Å². The fourth-order valence-electron chi connectivity index (χ4n) is 2.01. The Balaban J connectivity index is 2.34. The molecule has 21 heavy (non-hydrogen) atoms. The van der Waals surface area contributed by atoms with Gasteiger partial charge in [-0.05, 0) is 40.5 Å². The molecule has 0 amide bonds. The quantitative estimate of drug-likeness (QED) is 0.672. The van der Waals surface area contributed by atoms with Crippen molar-refractivity contribution in [3.63, 3.8) is 0 Å². The molecule has 0 spiro atoms. The molecule has 1 heterocycles. The SMILES string of the molecule is Cc1cc(Br)c(S(=O)(=O)NC2CS(=O)(=O)CC2Cl)cc1Br. The van der Waals surface area contributed by atoms with E-state index < -0.39 is 31.3 Å². The second-order valence-electron chi connectivity index (χ2n) is 4.85. The van der Waals surface area contributed by atoms with Crippen molar-refractivity contribution in [1.82, 2.24) is 4.72 Å². The summed E-state index contributed by atoms with van der Waals surface area (Å²) in [6.45, 7) is 1.83. The third kappa shape index (κ3) is 4.00. The van der Waals surface area contributed by atoms with E-state index in [1.807, 2.05) is 6.92 Å². The molecule has 0 saturated carbocycles. The van der Waals surface area contributed by atoms with Crippen LogP contribution in [0.5, 0.6) is 0 Å². The molecule has 1 aliphatic heterocycles. The van der Waals surface area contributed by atoms with E-state index in [-0.39, 0.29) is 16.4 Å². The molecule has 0 radical (unpaired) electrons. The molecule has 1 saturated heterocycles. The van der Waals surface area contributed by atoms with Crippen molar-refractivity contribution in [2.24, 2.45) is 0 Å². The highest BCUT2D eigenvalue weighted by molar-refractivity contribution is 9.11. The van der Waals surface area contributed by atoms with Gasteiger partial charge in [0, 0.05) is 8.95 Å². The summed E-state index contributed by atoms with van der Waals surface area (Å²) in [6.07, 6.45) is 0. The summed E-state index contributed by atoms with van der Waals surface area (Å²) in [7, 11) is -7.18. The molecule has 10 heteroatoms. The van der Waals surface area contributed by atoms with Crippen LogP contribution >= 0.6 is 43.5 Å². The van der Waals surface area contributed by atoms with Crippen LogP contribution in [-0.2, 0) is 19.9 Å². The lowest BCUT2D eigenvalue weighted by molar-refractivity contribution is 0.563. The molecule has 2 atom stereocenters. The Morgan fingerprint density at radius 1 is 1.24 bits per heavy atom. The van der Waals surface area contributed by atoms with Crippen LogP contribution in [0.25, 0.3) is 0 Å². The smallest absolute Gasteiger partial charge is 0.229 e. The van der Waals surface area contributed by atoms with Gasteiger partial charge in [0.2, 0.25) is 10.0 Å². The van der Waals surface area contributed by atoms with Gasteiger partial charge in [-0.2, -0.15) is 0 Å². The maximum atomic E-state index is 12.4. The summed E-state index contributed by atoms with van der Waals surface area (Å²) in [5, 5.41) is -0.766. The van der Waals surface area contributed by atoms with E-state index in [9.17, 15) is 16.8 Å². The molecule has 2 rings (SSSR count). The van der Waals surface area contributed by atoms with E-state index in [2.05, 4.69) is 36.6 Å². The molecule has 1 aliphatic rings. The summed E-state index contributed by atoms with van der Waals surface area (Å²) in [5.41, 5.74) is 0.875. The predicted octanol–water partition coefficient (Wildman–Crippen LogP) is 2.20. The number of hydrogen-bond donors (Lipinski definition) is 1. The van der Waals surface area contributed by atoms with Gasteiger partial charge in [0.15, 0.2) is 9.84 Å². The third-order valence-corrected chi connectivity index (χ3v) is 8.77. The van der Waals surface area contributed by atoms with Crippen LogP contribution in [0.15, 0.2) is 26.0 Å². The van der Waals surface area contributed by atoms with Crippen molar-refractivity contribution in [2.45, 2.75) is 23.2 Å². The fraction of sp³-hybridized carbons (Fsp3) is 0.455. The number of nitrogens with one attached hydrogen (secondary N) is 1. The van der Waals surface area contributed by atoms with Crippen LogP contribution in [0.1, 0.15) is 5.56 Å². The minimum atomic E-state index is -3.87. The zero-order valence-corrected chi connectivity index (χ0v) is 16.4. The maximum absolute atomic E-state index is 12.4. The number of alkyl halides is 1. The minimum absolute atomic E-state index is 0.0353. The number of benzene rings is 1. The van der Waals surface area contributed by atoms with E-state index in [1.54, 1.807) is 6.07 Å². The van der Waals surface area contributed by atoms with Crippen molar-refractivity contribution < 1.29 is 16.8 Å². The molecule has 1 aromatic rings. The van der Waals surface area contributed by atoms with Gasteiger partial charge >= 0.3 is 0 Å². The zero-order chi connectivity index (χ0) is 16.0. The highest BCUT2D eigenvalue weighted by Gasteiger charge is 2.39. The number of aryl methyl sites for hydroxylation is 1. The number of halogens is 3. The van der Waals surface area contributed by atoms with Gasteiger partial charge in [-0.25, -0.2) is 21.6 Å². The summed E-state index contributed by atoms with van der Waals surface area (Å²) in [4.78, 5) is 0.0353. The predicted molar refractivity (Wildman–Crippen MR) is 89.0 cm³/mol. The van der Waals surface area contributed by atoms with Gasteiger partial charge in [-0.15, -0.1) is 11.6 Å². The largest absolute Gasteiger partial charge is 0.242 e. The van der Waals surface area contributed by atoms with Crippen LogP contribution < -0.4 is 4.72 Å². The van der Waals surface area contributed by atoms with Crippen LogP contribution in [0.2, 0.25) is 0 Å². The number of hydrogen-bond acceptors (Lipinski definition) is 4. The zero-order valence-electron chi connectivity index (χ0n) is 10.8. The number of rotatable bonds is 3. The first-order chi connectivity index (χ1) is 9.52. The lowest BCUT2D eigenvalue weighted by atomic mass is 10.2. The first kappa shape index (κ1) is 17.7. The average Bonchev–Trinajstić information content (AvgIpc) is 2.56. The Bertz CT molecular complexity index is 780. The third-order valence-electron chi connectivity index (χ3n) is 3.09. The molecule has 0 aliphatic carbocycles. The summed E-state index contributed by atoms with van der Waals surface area (Å²) < 4.78 is 51.3. The normalized spacial score (nSPS) is 25.1. The molecule has 2 unspecified atom stereocenters. The van der Waals surface area contributed by atoms with E-state index in [4.69, 9.17) is 11.6 Å². The van der Waals surface area contributed by atoms with Crippen molar-refractivity contribution in [3.8, 4) is 0 Å². The summed E-state index contributed by atoms with van der Waals surface area (Å²) in [6, 6.07) is 2.31. The van der Waals surface area contributed by atoms with Gasteiger partial charge in [-0.1, -0.05) is 15.9 Å². The lowest BCUT2D eigenvalue weighted by Crippen LogP contribution is -2.40. The standard InChI is InChI=1S/C11H12Br2ClNO4S2/c1-6-2-8(13)11(3-7(6)12)21(18,19)15-10-5-20(16,17)4-9(10)14/h2-3,9-10,15H,4-5H2,1H3. The van der Waals surface area contributed by atoms with E-state index in [0.717, 1.165) is 5.56 Å². The highest BCUT2D eigenvalue weighted by atomic mass is 79.9. The molecule has 5 nitrogen and oxygen atoms in total. The average molecular weight is 482 g/mol. The van der Waals surface area contributed by atoms with Crippen molar-refractivity contribution in [2.75, 3.05) is 11.5 Å². The maximum Gasteiger partial charge on any atom is 0.242 e. The van der Waals surface area contributed by atoms with Gasteiger partial charge in [-0.3, -0.25) is 0 Å². The Labute approximate surface area is 145 Å². The second-order valence-corrected chi connectivity index (χ2v) is 11.0. The van der Waals surface area contributed by atoms with Crippen LogP contribution in [0.4, 0.5) is 0 Å². The fourth-order valence-corrected chi connectivity index (χ4v) is 7.69. The molecule has 0 bridgehead atoms. The van der Waals surface area contributed by atoms with Crippen LogP contribution in [0, 0.1) is 6.92 Å². The second kappa shape index (κ2) is 6.09. The Hall–Kier alpha value is 0.330. The van der Waals surface area contributed by atoms with E-state index >= 15 is 0 Å². The Morgan fingerprint density at radius 2 is 1.86 bits per heavy atom. The number of sulfone groups is 1. The van der Waals surface area contributed by atoms with Gasteiger partial charge in [0.25, 0.3) is 0 Å². The first-order valence-electron chi connectivity index (χ1n) is 5.84. The van der Waals surface area contributed by atoms with Gasteiger partial charge < -0.3 is 0 Å². The molecule has 0 aromatic heterocycles. The molecule has 1 aromatic carbocycles. The molecule has 118 valence electrons. The topological polar surface area (TPSA) is 80.3 Å². The first-order valence-corrected chi connectivity index (χ1v) is 11.2. The Kier molecular flexibility index (Phi) is 5.12. The number of sulfonamides is 1. The molecule has 1 fully saturated rings. The molecular weight excluding hydrogens is 470 g/mol. The van der Waals surface area contributed by atoms with Crippen molar-refractivity contribution >= 4 is 63.3 Å². The van der Waals surface area contributed by atoms with E-state index in [0.29, 0.717) is 8.95 Å². The van der Waals surface area contributed by atoms with Crippen molar-refractivity contribution in [3.05, 3.63) is 26.6 Å². The van der Waals surface area contributed by atoms with Gasteiger partial charge in [0.05, 0.1) is 27.8 Å². The lowest BCUT2D eigenvalue weighted by Gasteiger charge is -2.16. The van der Waals surface area contributed by atoms with Gasteiger partial charge in [0.1, 0.15) is 0 Å². The molecular formula is C11H12Br2ClNO4S2. The highest BCUT2D eigenvalue weighted by Crippen LogP contribution is 2.29. The Morgan fingerprint density at radius 3 is 2.38 bits per heavy atom. The van der Waals surface area contributed by atoms with Crippen LogP contribution in [-0.4, -0.2) is 39.8 Å². The van der Waals surface area contributed by atoms with Crippen molar-refractivity contribution in [1.29, 1.82) is 0 Å². The molecule has 1 N–H and O–H groups in total. The summed E-state index contributed by atoms with van der Waals surface area (Å²) >= 11 is 12.4.